The fourth-order valence-electron chi connectivity index (χ4n) is 4.65. The Hall–Kier alpha value is -2.64. The lowest BCUT2D eigenvalue weighted by Crippen LogP contribution is -2.43. The maximum atomic E-state index is 13.2. The number of fused-ring (bicyclic) bond motifs is 1. The molecule has 7 heteroatoms. The van der Waals surface area contributed by atoms with Crippen LogP contribution in [0.2, 0.25) is 0 Å². The van der Waals surface area contributed by atoms with Crippen molar-refractivity contribution in [1.82, 2.24) is 10.2 Å². The van der Waals surface area contributed by atoms with E-state index < -0.39 is 17.4 Å². The number of likely N-dealkylation sites (tertiary alicyclic amines) is 1. The first-order chi connectivity index (χ1) is 14.1. The number of carbonyl (C=O) groups excluding carboxylic acids is 2. The van der Waals surface area contributed by atoms with Gasteiger partial charge in [0.1, 0.15) is 11.4 Å². The molecule has 2 saturated heterocycles. The molecule has 150 valence electrons. The van der Waals surface area contributed by atoms with Crippen molar-refractivity contribution in [2.24, 2.45) is 11.8 Å². The van der Waals surface area contributed by atoms with Crippen molar-refractivity contribution in [3.8, 4) is 5.75 Å². The van der Waals surface area contributed by atoms with Crippen LogP contribution in [0.25, 0.3) is 0 Å². The second kappa shape index (κ2) is 7.00. The Balaban J connectivity index is 1.29. The van der Waals surface area contributed by atoms with Gasteiger partial charge in [-0.3, -0.25) is 9.59 Å². The van der Waals surface area contributed by atoms with E-state index in [4.69, 9.17) is 9.47 Å². The third-order valence-electron chi connectivity index (χ3n) is 6.03. The summed E-state index contributed by atoms with van der Waals surface area (Å²) in [6.07, 6.45) is 3.60. The molecule has 2 aromatic rings. The Bertz CT molecular complexity index is 956. The van der Waals surface area contributed by atoms with Gasteiger partial charge in [-0.05, 0) is 29.1 Å². The second-order valence-corrected chi connectivity index (χ2v) is 8.77. The van der Waals surface area contributed by atoms with Crippen molar-refractivity contribution < 1.29 is 19.1 Å². The number of nitrogens with one attached hydrogen (secondary N) is 1. The number of amides is 2. The molecule has 4 heterocycles. The number of carbonyl (C=O) groups is 2. The van der Waals surface area contributed by atoms with E-state index in [1.165, 1.54) is 0 Å². The van der Waals surface area contributed by atoms with Gasteiger partial charge in [0.05, 0.1) is 38.1 Å². The number of thiophene rings is 1. The average Bonchev–Trinajstić information content (AvgIpc) is 3.50. The predicted molar refractivity (Wildman–Crippen MR) is 108 cm³/mol. The summed E-state index contributed by atoms with van der Waals surface area (Å²) in [4.78, 5) is 29.2. The number of hydrogen-bond acceptors (Lipinski definition) is 5. The van der Waals surface area contributed by atoms with E-state index in [-0.39, 0.29) is 17.9 Å². The van der Waals surface area contributed by atoms with Crippen LogP contribution in [0.15, 0.2) is 53.9 Å². The summed E-state index contributed by atoms with van der Waals surface area (Å²) < 4.78 is 11.3. The van der Waals surface area contributed by atoms with Gasteiger partial charge in [0.2, 0.25) is 11.8 Å². The molecule has 1 spiro atoms. The molecule has 2 fully saturated rings. The lowest BCUT2D eigenvalue weighted by molar-refractivity contribution is -0.137. The highest BCUT2D eigenvalue weighted by atomic mass is 32.1. The van der Waals surface area contributed by atoms with Crippen LogP contribution < -0.4 is 10.1 Å². The first-order valence-corrected chi connectivity index (χ1v) is 10.6. The van der Waals surface area contributed by atoms with Crippen molar-refractivity contribution in [3.05, 3.63) is 64.4 Å². The standard InChI is InChI=1S/C22H22N2O4S/c1-27-15-6-4-14(5-7-15)11-23-20(25)18-17-8-9-22(28-17)13-24(21(26)19(18)22)12-16-3-2-10-29-16/h2-10,17-19H,11-13H2,1H3,(H,23,25). The van der Waals surface area contributed by atoms with Crippen LogP contribution in [0.1, 0.15) is 10.4 Å². The van der Waals surface area contributed by atoms with Crippen LogP contribution in [0.5, 0.6) is 5.75 Å². The molecule has 3 aliphatic heterocycles. The van der Waals surface area contributed by atoms with Crippen molar-refractivity contribution in [1.29, 1.82) is 0 Å². The van der Waals surface area contributed by atoms with Gasteiger partial charge in [0.25, 0.3) is 0 Å². The smallest absolute Gasteiger partial charge is 0.230 e. The molecular formula is C22H22N2O4S. The fraction of sp³-hybridized carbons (Fsp3) is 0.364. The number of hydrogen-bond donors (Lipinski definition) is 1. The van der Waals surface area contributed by atoms with Crippen molar-refractivity contribution in [2.75, 3.05) is 13.7 Å². The molecule has 4 unspecified atom stereocenters. The quantitative estimate of drug-likeness (QED) is 0.743. The summed E-state index contributed by atoms with van der Waals surface area (Å²) in [6, 6.07) is 11.6. The minimum absolute atomic E-state index is 0.00912. The van der Waals surface area contributed by atoms with E-state index in [1.807, 2.05) is 58.8 Å². The molecule has 0 aliphatic carbocycles. The van der Waals surface area contributed by atoms with Gasteiger partial charge in [0.15, 0.2) is 0 Å². The van der Waals surface area contributed by atoms with Crippen LogP contribution in [-0.4, -0.2) is 42.1 Å². The van der Waals surface area contributed by atoms with Crippen LogP contribution in [0.4, 0.5) is 0 Å². The van der Waals surface area contributed by atoms with Crippen molar-refractivity contribution in [2.45, 2.75) is 24.8 Å². The molecule has 1 aromatic heterocycles. The molecule has 29 heavy (non-hydrogen) atoms. The summed E-state index contributed by atoms with van der Waals surface area (Å²) >= 11 is 1.63. The molecule has 4 atom stereocenters. The largest absolute Gasteiger partial charge is 0.497 e. The monoisotopic (exact) mass is 410 g/mol. The summed E-state index contributed by atoms with van der Waals surface area (Å²) in [5.41, 5.74) is 0.312. The lowest BCUT2D eigenvalue weighted by Gasteiger charge is -2.23. The van der Waals surface area contributed by atoms with Gasteiger partial charge < -0.3 is 19.7 Å². The maximum absolute atomic E-state index is 13.2. The van der Waals surface area contributed by atoms with Crippen LogP contribution in [0.3, 0.4) is 0 Å². The van der Waals surface area contributed by atoms with Crippen LogP contribution >= 0.6 is 11.3 Å². The molecule has 5 rings (SSSR count). The highest BCUT2D eigenvalue weighted by molar-refractivity contribution is 7.09. The molecule has 2 bridgehead atoms. The van der Waals surface area contributed by atoms with E-state index in [0.717, 1.165) is 16.2 Å². The summed E-state index contributed by atoms with van der Waals surface area (Å²) in [5.74, 6) is -0.285. The normalized spacial score (nSPS) is 29.3. The number of ether oxygens (including phenoxy) is 2. The zero-order valence-electron chi connectivity index (χ0n) is 16.0. The predicted octanol–water partition coefficient (Wildman–Crippen LogP) is 2.36. The highest BCUT2D eigenvalue weighted by Crippen LogP contribution is 2.52. The van der Waals surface area contributed by atoms with E-state index in [9.17, 15) is 9.59 Å². The number of rotatable bonds is 6. The zero-order chi connectivity index (χ0) is 20.0. The van der Waals surface area contributed by atoms with E-state index in [1.54, 1.807) is 18.4 Å². The van der Waals surface area contributed by atoms with Crippen molar-refractivity contribution >= 4 is 23.2 Å². The van der Waals surface area contributed by atoms with E-state index in [0.29, 0.717) is 19.6 Å². The van der Waals surface area contributed by atoms with E-state index in [2.05, 4.69) is 5.32 Å². The third-order valence-corrected chi connectivity index (χ3v) is 6.90. The Morgan fingerprint density at radius 3 is 2.90 bits per heavy atom. The number of methoxy groups -OCH3 is 1. The Labute approximate surface area is 173 Å². The highest BCUT2D eigenvalue weighted by Gasteiger charge is 2.66. The van der Waals surface area contributed by atoms with Gasteiger partial charge in [-0.2, -0.15) is 0 Å². The number of benzene rings is 1. The van der Waals surface area contributed by atoms with Crippen LogP contribution in [0, 0.1) is 11.8 Å². The third kappa shape index (κ3) is 3.05. The number of nitrogens with zero attached hydrogens (tertiary/aromatic N) is 1. The SMILES string of the molecule is COc1ccc(CNC(=O)C2C3C=CC4(CN(Cc5cccs5)C(=O)C24)O3)cc1. The van der Waals surface area contributed by atoms with Crippen LogP contribution in [-0.2, 0) is 27.4 Å². The Morgan fingerprint density at radius 2 is 2.17 bits per heavy atom. The molecule has 0 saturated carbocycles. The minimum atomic E-state index is -0.666. The Morgan fingerprint density at radius 1 is 1.34 bits per heavy atom. The first kappa shape index (κ1) is 18.4. The van der Waals surface area contributed by atoms with Crippen molar-refractivity contribution in [3.63, 3.8) is 0 Å². The van der Waals surface area contributed by atoms with E-state index >= 15 is 0 Å². The molecular weight excluding hydrogens is 388 g/mol. The summed E-state index contributed by atoms with van der Waals surface area (Å²) in [5, 5.41) is 5.00. The second-order valence-electron chi connectivity index (χ2n) is 7.74. The Kier molecular flexibility index (Phi) is 4.44. The molecule has 2 amide bonds. The fourth-order valence-corrected chi connectivity index (χ4v) is 5.37. The molecule has 0 radical (unpaired) electrons. The average molecular weight is 410 g/mol. The summed E-state index contributed by atoms with van der Waals surface area (Å²) in [7, 11) is 1.62. The van der Waals surface area contributed by atoms with Gasteiger partial charge in [-0.1, -0.05) is 30.4 Å². The zero-order valence-corrected chi connectivity index (χ0v) is 16.9. The van der Waals surface area contributed by atoms with Gasteiger partial charge in [0, 0.05) is 11.4 Å². The lowest BCUT2D eigenvalue weighted by atomic mass is 9.77. The molecule has 1 aromatic carbocycles. The topological polar surface area (TPSA) is 67.9 Å². The molecule has 6 nitrogen and oxygen atoms in total. The molecule has 1 N–H and O–H groups in total. The van der Waals surface area contributed by atoms with Gasteiger partial charge in [-0.25, -0.2) is 0 Å². The molecule has 3 aliphatic rings. The first-order valence-electron chi connectivity index (χ1n) is 9.69. The minimum Gasteiger partial charge on any atom is -0.497 e. The van der Waals surface area contributed by atoms with Gasteiger partial charge in [-0.15, -0.1) is 11.3 Å². The maximum Gasteiger partial charge on any atom is 0.230 e. The summed E-state index contributed by atoms with van der Waals surface area (Å²) in [6.45, 7) is 1.48. The van der Waals surface area contributed by atoms with Gasteiger partial charge >= 0.3 is 0 Å².